The lowest BCUT2D eigenvalue weighted by atomic mass is 9.97. The molecule has 0 saturated carbocycles. The van der Waals surface area contributed by atoms with Gasteiger partial charge in [-0.3, -0.25) is 4.79 Å². The highest BCUT2D eigenvalue weighted by molar-refractivity contribution is 9.11. The summed E-state index contributed by atoms with van der Waals surface area (Å²) in [4.78, 5) is 18.5. The second-order valence-corrected chi connectivity index (χ2v) is 7.20. The van der Waals surface area contributed by atoms with Crippen LogP contribution in [0.2, 0.25) is 0 Å². The van der Waals surface area contributed by atoms with Crippen LogP contribution in [0.5, 0.6) is 0 Å². The molecule has 1 aromatic heterocycles. The van der Waals surface area contributed by atoms with E-state index >= 15 is 0 Å². The average Bonchev–Trinajstić information content (AvgIpc) is 2.85. The molecule has 92 valence electrons. The van der Waals surface area contributed by atoms with Crippen LogP contribution in [0.15, 0.2) is 9.98 Å². The first-order valence-electron chi connectivity index (χ1n) is 5.85. The van der Waals surface area contributed by atoms with Gasteiger partial charge in [-0.05, 0) is 41.2 Å². The molecule has 4 nitrogen and oxygen atoms in total. The van der Waals surface area contributed by atoms with E-state index < -0.39 is 0 Å². The number of piperidine rings is 1. The number of rotatable bonds is 2. The van der Waals surface area contributed by atoms with E-state index in [2.05, 4.69) is 31.1 Å². The fourth-order valence-corrected chi connectivity index (χ4v) is 3.88. The van der Waals surface area contributed by atoms with Crippen molar-refractivity contribution < 1.29 is 4.79 Å². The van der Waals surface area contributed by atoms with Crippen LogP contribution in [-0.2, 0) is 0 Å². The summed E-state index contributed by atoms with van der Waals surface area (Å²) in [5, 5.41) is 3.64. The Kier molecular flexibility index (Phi) is 3.19. The lowest BCUT2D eigenvalue weighted by molar-refractivity contribution is 0.0909. The smallest absolute Gasteiger partial charge is 0.280 e. The highest BCUT2D eigenvalue weighted by Gasteiger charge is 2.33. The number of carbonyl (C=O) groups excluding carboxylic acids is 1. The second-order valence-electron chi connectivity index (χ2n) is 4.79. The van der Waals surface area contributed by atoms with E-state index in [1.54, 1.807) is 6.20 Å². The zero-order valence-electron chi connectivity index (χ0n) is 9.36. The van der Waals surface area contributed by atoms with Gasteiger partial charge >= 0.3 is 0 Å². The van der Waals surface area contributed by atoms with E-state index in [1.807, 2.05) is 0 Å². The van der Waals surface area contributed by atoms with Crippen LogP contribution in [0.25, 0.3) is 0 Å². The SMILES string of the molecule is O=C(NC1CC2CCN(C2)C1)c1ncc(Br)s1. The number of nitrogens with one attached hydrogen (secondary N) is 1. The number of carbonyl (C=O) groups is 1. The largest absolute Gasteiger partial charge is 0.346 e. The van der Waals surface area contributed by atoms with Crippen LogP contribution in [-0.4, -0.2) is 41.5 Å². The number of hydrogen-bond acceptors (Lipinski definition) is 4. The number of aromatic nitrogens is 1. The van der Waals surface area contributed by atoms with Crippen molar-refractivity contribution in [3.05, 3.63) is 15.0 Å². The maximum Gasteiger partial charge on any atom is 0.280 e. The number of amides is 1. The molecule has 2 aliphatic heterocycles. The Morgan fingerprint density at radius 3 is 3.18 bits per heavy atom. The Balaban J connectivity index is 1.62. The van der Waals surface area contributed by atoms with E-state index in [-0.39, 0.29) is 5.91 Å². The first-order chi connectivity index (χ1) is 8.20. The third-order valence-electron chi connectivity index (χ3n) is 3.47. The van der Waals surface area contributed by atoms with E-state index in [0.29, 0.717) is 11.0 Å². The lowest BCUT2D eigenvalue weighted by Gasteiger charge is -2.30. The predicted octanol–water partition coefficient (Wildman–Crippen LogP) is 1.73. The Morgan fingerprint density at radius 1 is 1.59 bits per heavy atom. The van der Waals surface area contributed by atoms with Crippen LogP contribution in [0.4, 0.5) is 0 Å². The molecule has 0 aliphatic carbocycles. The number of hydrogen-bond donors (Lipinski definition) is 1. The Bertz CT molecular complexity index is 424. The summed E-state index contributed by atoms with van der Waals surface area (Å²) in [7, 11) is 0. The Labute approximate surface area is 113 Å². The normalized spacial score (nSPS) is 31.5. The molecule has 0 radical (unpaired) electrons. The number of nitrogens with zero attached hydrogens (tertiary/aromatic N) is 2. The van der Waals surface area contributed by atoms with Crippen molar-refractivity contribution in [2.24, 2.45) is 5.92 Å². The van der Waals surface area contributed by atoms with Gasteiger partial charge in [-0.25, -0.2) is 4.98 Å². The van der Waals surface area contributed by atoms with Crippen LogP contribution in [0.3, 0.4) is 0 Å². The minimum Gasteiger partial charge on any atom is -0.346 e. The molecule has 6 heteroatoms. The number of fused-ring (bicyclic) bond motifs is 2. The van der Waals surface area contributed by atoms with Crippen molar-refractivity contribution >= 4 is 33.2 Å². The monoisotopic (exact) mass is 315 g/mol. The minimum atomic E-state index is -0.0341. The van der Waals surface area contributed by atoms with Gasteiger partial charge in [0, 0.05) is 19.1 Å². The summed E-state index contributed by atoms with van der Waals surface area (Å²) in [6.45, 7) is 3.41. The quantitative estimate of drug-likeness (QED) is 0.904. The molecule has 2 bridgehead atoms. The minimum absolute atomic E-state index is 0.0341. The van der Waals surface area contributed by atoms with Gasteiger partial charge < -0.3 is 10.2 Å². The molecular formula is C11H14BrN3OS. The molecule has 1 aromatic rings. The maximum atomic E-state index is 12.0. The predicted molar refractivity (Wildman–Crippen MR) is 70.2 cm³/mol. The molecule has 2 fully saturated rings. The van der Waals surface area contributed by atoms with Crippen LogP contribution in [0, 0.1) is 5.92 Å². The molecule has 0 spiro atoms. The van der Waals surface area contributed by atoms with Gasteiger partial charge in [0.25, 0.3) is 5.91 Å². The van der Waals surface area contributed by atoms with Gasteiger partial charge in [-0.2, -0.15) is 0 Å². The van der Waals surface area contributed by atoms with Crippen molar-refractivity contribution in [2.75, 3.05) is 19.6 Å². The highest BCUT2D eigenvalue weighted by Crippen LogP contribution is 2.27. The van der Waals surface area contributed by atoms with Gasteiger partial charge in [-0.15, -0.1) is 11.3 Å². The van der Waals surface area contributed by atoms with Crippen LogP contribution >= 0.6 is 27.3 Å². The third kappa shape index (κ3) is 2.53. The summed E-state index contributed by atoms with van der Waals surface area (Å²) in [5.41, 5.74) is 0. The van der Waals surface area contributed by atoms with Gasteiger partial charge in [0.05, 0.1) is 9.98 Å². The number of halogens is 1. The summed E-state index contributed by atoms with van der Waals surface area (Å²) in [6.07, 6.45) is 4.08. The van der Waals surface area contributed by atoms with Crippen molar-refractivity contribution in [1.29, 1.82) is 0 Å². The van der Waals surface area contributed by atoms with Crippen LogP contribution < -0.4 is 5.32 Å². The molecule has 2 saturated heterocycles. The van der Waals surface area contributed by atoms with Gasteiger partial charge in [0.2, 0.25) is 0 Å². The Morgan fingerprint density at radius 2 is 2.47 bits per heavy atom. The molecule has 1 N–H and O–H groups in total. The Hall–Kier alpha value is -0.460. The molecule has 2 aliphatic rings. The molecule has 17 heavy (non-hydrogen) atoms. The molecule has 3 atom stereocenters. The van der Waals surface area contributed by atoms with E-state index in [1.165, 1.54) is 30.8 Å². The lowest BCUT2D eigenvalue weighted by Crippen LogP contribution is -2.46. The average molecular weight is 316 g/mol. The molecular weight excluding hydrogens is 302 g/mol. The summed E-state index contributed by atoms with van der Waals surface area (Å²) in [5.74, 6) is 0.741. The first kappa shape index (κ1) is 11.6. The zero-order valence-corrected chi connectivity index (χ0v) is 11.8. The molecule has 3 rings (SSSR count). The summed E-state index contributed by atoms with van der Waals surface area (Å²) < 4.78 is 0.898. The van der Waals surface area contributed by atoms with E-state index in [0.717, 1.165) is 22.7 Å². The van der Waals surface area contributed by atoms with E-state index in [4.69, 9.17) is 0 Å². The second kappa shape index (κ2) is 4.66. The molecule has 0 aromatic carbocycles. The fraction of sp³-hybridized carbons (Fsp3) is 0.636. The zero-order chi connectivity index (χ0) is 11.8. The van der Waals surface area contributed by atoms with Gasteiger partial charge in [0.1, 0.15) is 0 Å². The van der Waals surface area contributed by atoms with Crippen molar-refractivity contribution in [1.82, 2.24) is 15.2 Å². The summed E-state index contributed by atoms with van der Waals surface area (Å²) in [6, 6.07) is 0.298. The number of thiazole rings is 1. The highest BCUT2D eigenvalue weighted by atomic mass is 79.9. The van der Waals surface area contributed by atoms with Gasteiger partial charge in [-0.1, -0.05) is 0 Å². The molecule has 3 unspecified atom stereocenters. The molecule has 1 amide bonds. The summed E-state index contributed by atoms with van der Waals surface area (Å²) >= 11 is 4.70. The fourth-order valence-electron chi connectivity index (χ4n) is 2.77. The topological polar surface area (TPSA) is 45.2 Å². The van der Waals surface area contributed by atoms with Crippen molar-refractivity contribution in [2.45, 2.75) is 18.9 Å². The van der Waals surface area contributed by atoms with Crippen molar-refractivity contribution in [3.63, 3.8) is 0 Å². The standard InChI is InChI=1S/C11H14BrN3OS/c12-9-4-13-11(17-9)10(16)14-8-3-7-1-2-15(5-7)6-8/h4,7-8H,1-3,5-6H2,(H,14,16). The van der Waals surface area contributed by atoms with Crippen LogP contribution in [0.1, 0.15) is 22.6 Å². The third-order valence-corrected chi connectivity index (χ3v) is 4.95. The maximum absolute atomic E-state index is 12.0. The van der Waals surface area contributed by atoms with Crippen molar-refractivity contribution in [3.8, 4) is 0 Å². The molecule has 3 heterocycles. The van der Waals surface area contributed by atoms with Gasteiger partial charge in [0.15, 0.2) is 5.01 Å². The first-order valence-corrected chi connectivity index (χ1v) is 7.46. The van der Waals surface area contributed by atoms with E-state index in [9.17, 15) is 4.79 Å².